The van der Waals surface area contributed by atoms with E-state index in [0.29, 0.717) is 36.9 Å². The monoisotopic (exact) mass is 530 g/mol. The maximum atomic E-state index is 13.3. The summed E-state index contributed by atoms with van der Waals surface area (Å²) in [6, 6.07) is 15.5. The molecule has 0 aliphatic rings. The van der Waals surface area contributed by atoms with Crippen LogP contribution in [0.2, 0.25) is 20.1 Å². The smallest absolute Gasteiger partial charge is 0.243 e. The van der Waals surface area contributed by atoms with E-state index < -0.39 is 22.5 Å². The van der Waals surface area contributed by atoms with Gasteiger partial charge in [-0.15, -0.1) is 0 Å². The fourth-order valence-corrected chi connectivity index (χ4v) is 5.06. The van der Waals surface area contributed by atoms with Crippen LogP contribution in [0.5, 0.6) is 0 Å². The minimum atomic E-state index is -4.05. The van der Waals surface area contributed by atoms with Gasteiger partial charge in [-0.25, -0.2) is 8.42 Å². The molecule has 0 radical (unpaired) electrons. The summed E-state index contributed by atoms with van der Waals surface area (Å²) in [5.41, 5.74) is 1.67. The van der Waals surface area contributed by atoms with Crippen LogP contribution in [0.15, 0.2) is 65.6 Å². The van der Waals surface area contributed by atoms with Crippen LogP contribution in [0.3, 0.4) is 0 Å². The quantitative estimate of drug-likeness (QED) is 0.381. The number of carbonyl (C=O) groups is 1. The Morgan fingerprint density at radius 1 is 0.906 bits per heavy atom. The molecule has 5 nitrogen and oxygen atoms in total. The molecule has 0 heterocycles. The number of sulfonamides is 1. The van der Waals surface area contributed by atoms with Crippen molar-refractivity contribution < 1.29 is 13.2 Å². The van der Waals surface area contributed by atoms with E-state index in [1.54, 1.807) is 37.3 Å². The van der Waals surface area contributed by atoms with Crippen molar-refractivity contribution in [3.05, 3.63) is 91.9 Å². The standard InChI is InChI=1S/C22H18Cl4N2O3S/c1-14-19(25)3-2-4-21(14)27-22(29)13-28(12-15-5-6-17(24)11-20(15)26)32(30,31)18-9-7-16(23)8-10-18/h2-11H,12-13H2,1H3,(H,27,29). The lowest BCUT2D eigenvalue weighted by Crippen LogP contribution is -2.37. The Balaban J connectivity index is 1.93. The summed E-state index contributed by atoms with van der Waals surface area (Å²) in [7, 11) is -4.05. The molecule has 0 saturated heterocycles. The highest BCUT2D eigenvalue weighted by molar-refractivity contribution is 7.89. The molecular weight excluding hydrogens is 514 g/mol. The first-order chi connectivity index (χ1) is 15.1. The van der Waals surface area contributed by atoms with Gasteiger partial charge < -0.3 is 5.32 Å². The first kappa shape index (κ1) is 24.8. The summed E-state index contributed by atoms with van der Waals surface area (Å²) in [6.45, 7) is 1.17. The zero-order valence-electron chi connectivity index (χ0n) is 16.8. The predicted octanol–water partition coefficient (Wildman–Crippen LogP) is 6.44. The summed E-state index contributed by atoms with van der Waals surface area (Å²) in [6.07, 6.45) is 0. The Morgan fingerprint density at radius 2 is 1.56 bits per heavy atom. The normalized spacial score (nSPS) is 11.6. The zero-order chi connectivity index (χ0) is 23.5. The minimum Gasteiger partial charge on any atom is -0.325 e. The first-order valence-electron chi connectivity index (χ1n) is 9.32. The van der Waals surface area contributed by atoms with Crippen molar-refractivity contribution in [2.24, 2.45) is 0 Å². The van der Waals surface area contributed by atoms with Crippen molar-refractivity contribution in [2.45, 2.75) is 18.4 Å². The van der Waals surface area contributed by atoms with Crippen molar-refractivity contribution in [3.63, 3.8) is 0 Å². The molecule has 0 aliphatic heterocycles. The topological polar surface area (TPSA) is 66.5 Å². The molecule has 0 saturated carbocycles. The Bertz CT molecular complexity index is 1250. The molecule has 0 spiro atoms. The van der Waals surface area contributed by atoms with Crippen molar-refractivity contribution in [3.8, 4) is 0 Å². The van der Waals surface area contributed by atoms with Crippen molar-refractivity contribution in [2.75, 3.05) is 11.9 Å². The number of nitrogens with zero attached hydrogens (tertiary/aromatic N) is 1. The van der Waals surface area contributed by atoms with E-state index in [9.17, 15) is 13.2 Å². The van der Waals surface area contributed by atoms with Crippen LogP contribution in [0, 0.1) is 6.92 Å². The number of hydrogen-bond acceptors (Lipinski definition) is 3. The number of amides is 1. The molecule has 3 aromatic rings. The van der Waals surface area contributed by atoms with Gasteiger partial charge in [-0.3, -0.25) is 4.79 Å². The van der Waals surface area contributed by atoms with Crippen LogP contribution in [0.25, 0.3) is 0 Å². The highest BCUT2D eigenvalue weighted by atomic mass is 35.5. The molecule has 0 unspecified atom stereocenters. The lowest BCUT2D eigenvalue weighted by Gasteiger charge is -2.23. The maximum Gasteiger partial charge on any atom is 0.243 e. The second kappa shape index (κ2) is 10.4. The predicted molar refractivity (Wildman–Crippen MR) is 130 cm³/mol. The molecule has 3 rings (SSSR count). The molecule has 0 fully saturated rings. The minimum absolute atomic E-state index is 0.00118. The van der Waals surface area contributed by atoms with Gasteiger partial charge in [-0.05, 0) is 66.6 Å². The van der Waals surface area contributed by atoms with E-state index in [0.717, 1.165) is 4.31 Å². The van der Waals surface area contributed by atoms with Gasteiger partial charge in [0, 0.05) is 32.3 Å². The van der Waals surface area contributed by atoms with Crippen LogP contribution in [0.1, 0.15) is 11.1 Å². The summed E-state index contributed by atoms with van der Waals surface area (Å²) < 4.78 is 27.7. The average Bonchev–Trinajstić information content (AvgIpc) is 2.73. The largest absolute Gasteiger partial charge is 0.325 e. The molecule has 0 aromatic heterocycles. The molecule has 10 heteroatoms. The van der Waals surface area contributed by atoms with Gasteiger partial charge in [0.15, 0.2) is 0 Å². The maximum absolute atomic E-state index is 13.3. The Hall–Kier alpha value is -1.80. The number of rotatable bonds is 7. The van der Waals surface area contributed by atoms with Gasteiger partial charge in [0.1, 0.15) is 0 Å². The molecule has 0 aliphatic carbocycles. The highest BCUT2D eigenvalue weighted by Gasteiger charge is 2.28. The summed E-state index contributed by atoms with van der Waals surface area (Å²) in [5.74, 6) is -0.530. The number of carbonyl (C=O) groups excluding carboxylic acids is 1. The first-order valence-corrected chi connectivity index (χ1v) is 12.3. The second-order valence-corrected chi connectivity index (χ2v) is 10.5. The van der Waals surface area contributed by atoms with Gasteiger partial charge in [-0.2, -0.15) is 4.31 Å². The molecule has 168 valence electrons. The molecule has 32 heavy (non-hydrogen) atoms. The van der Waals surface area contributed by atoms with Crippen LogP contribution >= 0.6 is 46.4 Å². The molecule has 1 N–H and O–H groups in total. The zero-order valence-corrected chi connectivity index (χ0v) is 20.6. The number of nitrogens with one attached hydrogen (secondary N) is 1. The lowest BCUT2D eigenvalue weighted by atomic mass is 10.2. The fraction of sp³-hybridized carbons (Fsp3) is 0.136. The molecule has 0 bridgehead atoms. The molecule has 1 amide bonds. The van der Waals surface area contributed by atoms with E-state index in [-0.39, 0.29) is 11.4 Å². The van der Waals surface area contributed by atoms with Crippen LogP contribution in [-0.4, -0.2) is 25.2 Å². The van der Waals surface area contributed by atoms with Gasteiger partial charge in [0.2, 0.25) is 15.9 Å². The molecular formula is C22H18Cl4N2O3S. The number of hydrogen-bond donors (Lipinski definition) is 1. The third-order valence-electron chi connectivity index (χ3n) is 4.67. The Labute approximate surface area is 206 Å². The van der Waals surface area contributed by atoms with Crippen molar-refractivity contribution >= 4 is 68.0 Å². The lowest BCUT2D eigenvalue weighted by molar-refractivity contribution is -0.116. The van der Waals surface area contributed by atoms with Gasteiger partial charge in [-0.1, -0.05) is 58.5 Å². The Morgan fingerprint density at radius 3 is 2.22 bits per heavy atom. The van der Waals surface area contributed by atoms with E-state index in [1.807, 2.05) is 0 Å². The summed E-state index contributed by atoms with van der Waals surface area (Å²) >= 11 is 24.2. The van der Waals surface area contributed by atoms with Gasteiger partial charge >= 0.3 is 0 Å². The number of benzene rings is 3. The Kier molecular flexibility index (Phi) is 8.09. The third-order valence-corrected chi connectivity index (χ3v) is 7.73. The van der Waals surface area contributed by atoms with Gasteiger partial charge in [0.05, 0.1) is 11.4 Å². The van der Waals surface area contributed by atoms with E-state index >= 15 is 0 Å². The van der Waals surface area contributed by atoms with Crippen molar-refractivity contribution in [1.29, 1.82) is 0 Å². The van der Waals surface area contributed by atoms with Crippen molar-refractivity contribution in [1.82, 2.24) is 4.31 Å². The van der Waals surface area contributed by atoms with E-state index in [2.05, 4.69) is 5.32 Å². The van der Waals surface area contributed by atoms with E-state index in [4.69, 9.17) is 46.4 Å². The molecule has 3 aromatic carbocycles. The number of anilines is 1. The summed E-state index contributed by atoms with van der Waals surface area (Å²) in [5, 5.41) is 4.31. The summed E-state index contributed by atoms with van der Waals surface area (Å²) in [4.78, 5) is 12.8. The van der Waals surface area contributed by atoms with E-state index in [1.165, 1.54) is 30.3 Å². The van der Waals surface area contributed by atoms with Gasteiger partial charge in [0.25, 0.3) is 0 Å². The second-order valence-electron chi connectivity index (χ2n) is 6.92. The highest BCUT2D eigenvalue weighted by Crippen LogP contribution is 2.27. The molecule has 0 atom stereocenters. The fourth-order valence-electron chi connectivity index (χ4n) is 2.91. The average molecular weight is 532 g/mol. The third kappa shape index (κ3) is 5.95. The SMILES string of the molecule is Cc1c(Cl)cccc1NC(=O)CN(Cc1ccc(Cl)cc1Cl)S(=O)(=O)c1ccc(Cl)cc1. The van der Waals surface area contributed by atoms with Crippen LogP contribution in [-0.2, 0) is 21.4 Å². The van der Waals surface area contributed by atoms with Crippen LogP contribution in [0.4, 0.5) is 5.69 Å². The number of halogens is 4. The van der Waals surface area contributed by atoms with Crippen LogP contribution < -0.4 is 5.32 Å².